The van der Waals surface area contributed by atoms with E-state index in [0.29, 0.717) is 10.7 Å². The summed E-state index contributed by atoms with van der Waals surface area (Å²) in [5.74, 6) is 0. The van der Waals surface area contributed by atoms with Crippen LogP contribution < -0.4 is 4.72 Å². The number of sulfonamides is 1. The molecule has 1 aliphatic carbocycles. The Morgan fingerprint density at radius 1 is 1.29 bits per heavy atom. The van der Waals surface area contributed by atoms with Crippen molar-refractivity contribution in [1.82, 2.24) is 9.97 Å². The van der Waals surface area contributed by atoms with Gasteiger partial charge in [-0.25, -0.2) is 9.97 Å². The summed E-state index contributed by atoms with van der Waals surface area (Å²) in [7, 11) is -3.73. The Bertz CT molecular complexity index is 715. The highest BCUT2D eigenvalue weighted by Gasteiger charge is 2.21. The molecule has 8 heteroatoms. The molecule has 0 radical (unpaired) electrons. The first-order valence-corrected chi connectivity index (χ1v) is 8.95. The molecule has 0 spiro atoms. The first-order valence-electron chi connectivity index (χ1n) is 6.66. The quantitative estimate of drug-likeness (QED) is 0.893. The van der Waals surface area contributed by atoms with Crippen molar-refractivity contribution >= 4 is 26.5 Å². The zero-order valence-electron chi connectivity index (χ0n) is 11.2. The van der Waals surface area contributed by atoms with Gasteiger partial charge in [0.1, 0.15) is 0 Å². The lowest BCUT2D eigenvalue weighted by Gasteiger charge is -2.06. The molecule has 0 fully saturated rings. The van der Waals surface area contributed by atoms with Crippen LogP contribution in [0, 0.1) is 0 Å². The largest absolute Gasteiger partial charge is 0.392 e. The third-order valence-corrected chi connectivity index (χ3v) is 5.78. The second-order valence-corrected chi connectivity index (χ2v) is 7.58. The van der Waals surface area contributed by atoms with Gasteiger partial charge in [-0.2, -0.15) is 8.42 Å². The van der Waals surface area contributed by atoms with E-state index >= 15 is 0 Å². The molecule has 0 bridgehead atoms. The van der Waals surface area contributed by atoms with Gasteiger partial charge >= 0.3 is 0 Å². The fourth-order valence-electron chi connectivity index (χ4n) is 2.23. The van der Waals surface area contributed by atoms with E-state index in [1.165, 1.54) is 34.5 Å². The van der Waals surface area contributed by atoms with Crippen molar-refractivity contribution in [3.63, 3.8) is 0 Å². The fourth-order valence-corrected chi connectivity index (χ4v) is 4.44. The molecule has 112 valence electrons. The first-order chi connectivity index (χ1) is 10.1. The van der Waals surface area contributed by atoms with Gasteiger partial charge in [-0.1, -0.05) is 6.07 Å². The van der Waals surface area contributed by atoms with E-state index in [1.54, 1.807) is 0 Å². The van der Waals surface area contributed by atoms with Gasteiger partial charge in [0.2, 0.25) is 0 Å². The second-order valence-electron chi connectivity index (χ2n) is 4.86. The van der Waals surface area contributed by atoms with Gasteiger partial charge < -0.3 is 5.11 Å². The molecule has 0 saturated heterocycles. The molecule has 0 atom stereocenters. The maximum atomic E-state index is 12.2. The summed E-state index contributed by atoms with van der Waals surface area (Å²) in [4.78, 5) is 9.39. The topological polar surface area (TPSA) is 92.2 Å². The van der Waals surface area contributed by atoms with Gasteiger partial charge in [0, 0.05) is 11.1 Å². The number of aliphatic hydroxyl groups excluding tert-OH is 1. The first kappa shape index (κ1) is 14.4. The number of nitrogens with zero attached hydrogens (tertiary/aromatic N) is 2. The molecule has 6 nitrogen and oxygen atoms in total. The molecular formula is C13H15N3O3S2. The van der Waals surface area contributed by atoms with E-state index < -0.39 is 10.0 Å². The third-order valence-electron chi connectivity index (χ3n) is 3.32. The van der Waals surface area contributed by atoms with Crippen LogP contribution in [-0.2, 0) is 29.5 Å². The molecule has 1 aliphatic rings. The maximum Gasteiger partial charge on any atom is 0.281 e. The normalized spacial score (nSPS) is 14.7. The smallest absolute Gasteiger partial charge is 0.281 e. The Hall–Kier alpha value is -1.51. The number of hydrogen-bond acceptors (Lipinski definition) is 6. The zero-order chi connectivity index (χ0) is 14.9. The van der Waals surface area contributed by atoms with Crippen LogP contribution >= 0.6 is 11.3 Å². The highest BCUT2D eigenvalue weighted by Crippen LogP contribution is 2.30. The van der Waals surface area contributed by atoms with Crippen molar-refractivity contribution in [2.75, 3.05) is 4.72 Å². The van der Waals surface area contributed by atoms with Crippen LogP contribution in [0.15, 0.2) is 23.4 Å². The highest BCUT2D eigenvalue weighted by molar-refractivity contribution is 7.92. The van der Waals surface area contributed by atoms with Crippen molar-refractivity contribution in [2.24, 2.45) is 0 Å². The molecule has 2 heterocycles. The number of thiazole rings is 1. The van der Waals surface area contributed by atoms with Crippen LogP contribution in [0.5, 0.6) is 0 Å². The fraction of sp³-hybridized carbons (Fsp3) is 0.385. The number of hydrogen-bond donors (Lipinski definition) is 2. The third kappa shape index (κ3) is 3.07. The number of rotatable bonds is 4. The number of aromatic nitrogens is 2. The lowest BCUT2D eigenvalue weighted by atomic mass is 10.0. The average molecular weight is 325 g/mol. The van der Waals surface area contributed by atoms with Crippen LogP contribution in [0.4, 0.5) is 5.13 Å². The number of aliphatic hydroxyl groups is 1. The van der Waals surface area contributed by atoms with Gasteiger partial charge in [0.25, 0.3) is 10.0 Å². The predicted octanol–water partition coefficient (Wildman–Crippen LogP) is 1.71. The number of nitrogens with one attached hydrogen (secondary N) is 1. The number of pyridine rings is 1. The molecule has 0 aromatic carbocycles. The van der Waals surface area contributed by atoms with Crippen LogP contribution in [0.2, 0.25) is 0 Å². The Morgan fingerprint density at radius 3 is 2.76 bits per heavy atom. The summed E-state index contributed by atoms with van der Waals surface area (Å²) < 4.78 is 27.0. The Morgan fingerprint density at radius 2 is 2.10 bits per heavy atom. The van der Waals surface area contributed by atoms with Crippen molar-refractivity contribution in [3.05, 3.63) is 34.5 Å². The standard InChI is InChI=1S/C13H15N3O3S2/c17-8-9-5-6-12(14-7-9)21(18,19)16-13-15-10-3-1-2-4-11(10)20-13/h5-7,17H,1-4,8H2,(H,15,16). The lowest BCUT2D eigenvalue weighted by Crippen LogP contribution is -2.14. The summed E-state index contributed by atoms with van der Waals surface area (Å²) in [6.45, 7) is -0.167. The van der Waals surface area contributed by atoms with Crippen LogP contribution in [-0.4, -0.2) is 23.5 Å². The van der Waals surface area contributed by atoms with E-state index in [-0.39, 0.29) is 11.6 Å². The summed E-state index contributed by atoms with van der Waals surface area (Å²) in [5.41, 5.74) is 1.58. The zero-order valence-corrected chi connectivity index (χ0v) is 12.9. The minimum Gasteiger partial charge on any atom is -0.392 e. The van der Waals surface area contributed by atoms with E-state index in [0.717, 1.165) is 31.4 Å². The molecule has 3 rings (SSSR count). The molecule has 21 heavy (non-hydrogen) atoms. The predicted molar refractivity (Wildman–Crippen MR) is 79.7 cm³/mol. The minimum atomic E-state index is -3.73. The number of fused-ring (bicyclic) bond motifs is 1. The second kappa shape index (κ2) is 5.70. The number of anilines is 1. The molecule has 2 aromatic rings. The van der Waals surface area contributed by atoms with Gasteiger partial charge in [0.15, 0.2) is 10.2 Å². The van der Waals surface area contributed by atoms with E-state index in [2.05, 4.69) is 14.7 Å². The van der Waals surface area contributed by atoms with Gasteiger partial charge in [-0.15, -0.1) is 11.3 Å². The molecule has 0 unspecified atom stereocenters. The van der Waals surface area contributed by atoms with E-state index in [1.807, 2.05) is 0 Å². The summed E-state index contributed by atoms with van der Waals surface area (Å²) in [6.07, 6.45) is 5.47. The van der Waals surface area contributed by atoms with E-state index in [9.17, 15) is 8.42 Å². The molecule has 2 N–H and O–H groups in total. The summed E-state index contributed by atoms with van der Waals surface area (Å²) >= 11 is 1.40. The Kier molecular flexibility index (Phi) is 3.92. The lowest BCUT2D eigenvalue weighted by molar-refractivity contribution is 0.281. The number of aryl methyl sites for hydroxylation is 2. The van der Waals surface area contributed by atoms with Gasteiger partial charge in [-0.3, -0.25) is 4.72 Å². The SMILES string of the molecule is O=S(=O)(Nc1nc2c(s1)CCCC2)c1ccc(CO)cn1. The molecule has 0 saturated carbocycles. The average Bonchev–Trinajstić information content (AvgIpc) is 2.88. The van der Waals surface area contributed by atoms with Crippen LogP contribution in [0.25, 0.3) is 0 Å². The molecule has 0 aliphatic heterocycles. The summed E-state index contributed by atoms with van der Waals surface area (Å²) in [5, 5.41) is 9.27. The molecule has 2 aromatic heterocycles. The van der Waals surface area contributed by atoms with Crippen molar-refractivity contribution in [1.29, 1.82) is 0 Å². The molecular weight excluding hydrogens is 310 g/mol. The Labute approximate surface area is 126 Å². The van der Waals surface area contributed by atoms with Gasteiger partial charge in [-0.05, 0) is 37.3 Å². The summed E-state index contributed by atoms with van der Waals surface area (Å²) in [6, 6.07) is 2.91. The van der Waals surface area contributed by atoms with Gasteiger partial charge in [0.05, 0.1) is 12.3 Å². The minimum absolute atomic E-state index is 0.0760. The molecule has 0 amide bonds. The maximum absolute atomic E-state index is 12.2. The van der Waals surface area contributed by atoms with Crippen LogP contribution in [0.3, 0.4) is 0 Å². The monoisotopic (exact) mass is 325 g/mol. The van der Waals surface area contributed by atoms with E-state index in [4.69, 9.17) is 5.11 Å². The van der Waals surface area contributed by atoms with Crippen LogP contribution in [0.1, 0.15) is 29.0 Å². The Balaban J connectivity index is 1.83. The van der Waals surface area contributed by atoms with Crippen molar-refractivity contribution in [3.8, 4) is 0 Å². The highest BCUT2D eigenvalue weighted by atomic mass is 32.2. The van der Waals surface area contributed by atoms with Crippen molar-refractivity contribution < 1.29 is 13.5 Å². The van der Waals surface area contributed by atoms with Crippen molar-refractivity contribution in [2.45, 2.75) is 37.3 Å².